The SMILES string of the molecule is CCOC(=O)[C@H](CC)Sc1nc2sc3c(c2c(=O)[nH]1)CC[C@H](C)C3. The van der Waals surface area contributed by atoms with Crippen molar-refractivity contribution in [1.82, 2.24) is 9.97 Å². The number of aromatic amines is 1. The predicted molar refractivity (Wildman–Crippen MR) is 98.0 cm³/mol. The first-order valence-electron chi connectivity index (χ1n) is 8.41. The van der Waals surface area contributed by atoms with Crippen molar-refractivity contribution < 1.29 is 9.53 Å². The van der Waals surface area contributed by atoms with Crippen LogP contribution >= 0.6 is 23.1 Å². The molecule has 1 aliphatic carbocycles. The minimum absolute atomic E-state index is 0.0896. The third kappa shape index (κ3) is 3.37. The standard InChI is InChI=1S/C17H22N2O3S2/c1-4-11(16(21)22-5-2)24-17-18-14(20)13-10-7-6-9(3)8-12(10)23-15(13)19-17/h9,11H,4-8H2,1-3H3,(H,18,19,20)/t9-,11-/m0/s1. The summed E-state index contributed by atoms with van der Waals surface area (Å²) in [5.41, 5.74) is 1.09. The average Bonchev–Trinajstić information content (AvgIpc) is 2.90. The number of hydrogen-bond donors (Lipinski definition) is 1. The zero-order valence-electron chi connectivity index (χ0n) is 14.2. The molecule has 2 heterocycles. The maximum Gasteiger partial charge on any atom is 0.319 e. The quantitative estimate of drug-likeness (QED) is 0.498. The summed E-state index contributed by atoms with van der Waals surface area (Å²) < 4.78 is 5.09. The number of nitrogens with one attached hydrogen (secondary N) is 1. The molecule has 5 nitrogen and oxygen atoms in total. The zero-order chi connectivity index (χ0) is 17.3. The van der Waals surface area contributed by atoms with Crippen LogP contribution in [0.25, 0.3) is 10.2 Å². The maximum atomic E-state index is 12.6. The summed E-state index contributed by atoms with van der Waals surface area (Å²) in [5.74, 6) is 0.402. The van der Waals surface area contributed by atoms with E-state index in [0.717, 1.165) is 29.5 Å². The van der Waals surface area contributed by atoms with Crippen molar-refractivity contribution in [2.45, 2.75) is 56.9 Å². The highest BCUT2D eigenvalue weighted by Gasteiger charge is 2.25. The van der Waals surface area contributed by atoms with E-state index >= 15 is 0 Å². The van der Waals surface area contributed by atoms with Crippen molar-refractivity contribution in [3.05, 3.63) is 20.8 Å². The molecule has 1 N–H and O–H groups in total. The van der Waals surface area contributed by atoms with Crippen LogP contribution in [0.2, 0.25) is 0 Å². The van der Waals surface area contributed by atoms with E-state index in [1.54, 1.807) is 18.3 Å². The number of carbonyl (C=O) groups is 1. The molecule has 24 heavy (non-hydrogen) atoms. The molecule has 0 fully saturated rings. The van der Waals surface area contributed by atoms with Gasteiger partial charge >= 0.3 is 5.97 Å². The lowest BCUT2D eigenvalue weighted by Gasteiger charge is -2.17. The van der Waals surface area contributed by atoms with Gasteiger partial charge < -0.3 is 9.72 Å². The van der Waals surface area contributed by atoms with Crippen molar-refractivity contribution in [2.24, 2.45) is 5.92 Å². The Bertz CT molecular complexity index is 812. The number of fused-ring (bicyclic) bond motifs is 3. The first-order valence-corrected chi connectivity index (χ1v) is 10.1. The van der Waals surface area contributed by atoms with Gasteiger partial charge in [-0.1, -0.05) is 25.6 Å². The first-order chi connectivity index (χ1) is 11.5. The van der Waals surface area contributed by atoms with E-state index in [1.165, 1.54) is 22.2 Å². The summed E-state index contributed by atoms with van der Waals surface area (Å²) in [6, 6.07) is 0. The average molecular weight is 367 g/mol. The fourth-order valence-electron chi connectivity index (χ4n) is 3.05. The lowest BCUT2D eigenvalue weighted by molar-refractivity contribution is -0.142. The highest BCUT2D eigenvalue weighted by molar-refractivity contribution is 8.00. The molecule has 0 saturated carbocycles. The van der Waals surface area contributed by atoms with Gasteiger partial charge in [0.1, 0.15) is 10.1 Å². The Hall–Kier alpha value is -1.34. The molecular formula is C17H22N2O3S2. The van der Waals surface area contributed by atoms with E-state index in [9.17, 15) is 9.59 Å². The largest absolute Gasteiger partial charge is 0.465 e. The molecule has 3 rings (SSSR count). The highest BCUT2D eigenvalue weighted by atomic mass is 32.2. The fourth-order valence-corrected chi connectivity index (χ4v) is 5.39. The number of nitrogens with zero attached hydrogens (tertiary/aromatic N) is 1. The van der Waals surface area contributed by atoms with Gasteiger partial charge in [-0.05, 0) is 44.1 Å². The molecule has 2 atom stereocenters. The van der Waals surface area contributed by atoms with Crippen molar-refractivity contribution in [1.29, 1.82) is 0 Å². The monoisotopic (exact) mass is 366 g/mol. The maximum absolute atomic E-state index is 12.6. The Balaban J connectivity index is 1.93. The topological polar surface area (TPSA) is 72.0 Å². The van der Waals surface area contributed by atoms with Gasteiger partial charge in [0.15, 0.2) is 5.16 Å². The Morgan fingerprint density at radius 1 is 1.50 bits per heavy atom. The van der Waals surface area contributed by atoms with E-state index in [2.05, 4.69) is 16.9 Å². The van der Waals surface area contributed by atoms with Crippen LogP contribution in [0.15, 0.2) is 9.95 Å². The van der Waals surface area contributed by atoms with E-state index in [4.69, 9.17) is 4.74 Å². The molecule has 2 aromatic rings. The van der Waals surface area contributed by atoms with Gasteiger partial charge in [0.2, 0.25) is 0 Å². The van der Waals surface area contributed by atoms with E-state index < -0.39 is 0 Å². The molecule has 0 bridgehead atoms. The van der Waals surface area contributed by atoms with Gasteiger partial charge in [-0.25, -0.2) is 4.98 Å². The number of thioether (sulfide) groups is 1. The second-order valence-electron chi connectivity index (χ2n) is 6.17. The van der Waals surface area contributed by atoms with Crippen molar-refractivity contribution in [2.75, 3.05) is 6.61 Å². The van der Waals surface area contributed by atoms with Crippen LogP contribution in [0.4, 0.5) is 0 Å². The molecule has 0 radical (unpaired) electrons. The number of rotatable bonds is 5. The molecule has 0 aliphatic heterocycles. The predicted octanol–water partition coefficient (Wildman–Crippen LogP) is 3.54. The molecule has 0 amide bonds. The molecule has 0 spiro atoms. The molecular weight excluding hydrogens is 344 g/mol. The highest BCUT2D eigenvalue weighted by Crippen LogP contribution is 2.36. The summed E-state index contributed by atoms with van der Waals surface area (Å²) in [6.07, 6.45) is 3.73. The van der Waals surface area contributed by atoms with Gasteiger partial charge in [0.05, 0.1) is 12.0 Å². The number of hydrogen-bond acceptors (Lipinski definition) is 6. The summed E-state index contributed by atoms with van der Waals surface area (Å²) >= 11 is 2.90. The van der Waals surface area contributed by atoms with Gasteiger partial charge in [-0.3, -0.25) is 9.59 Å². The summed E-state index contributed by atoms with van der Waals surface area (Å²) in [4.78, 5) is 34.1. The van der Waals surface area contributed by atoms with Crippen molar-refractivity contribution in [3.8, 4) is 0 Å². The lowest BCUT2D eigenvalue weighted by Crippen LogP contribution is -2.20. The molecule has 7 heteroatoms. The van der Waals surface area contributed by atoms with Crippen LogP contribution in [-0.4, -0.2) is 27.8 Å². The second kappa shape index (κ2) is 7.27. The number of aryl methyl sites for hydroxylation is 1. The molecule has 0 saturated heterocycles. The summed E-state index contributed by atoms with van der Waals surface area (Å²) in [5, 5.41) is 0.898. The molecule has 0 unspecified atom stereocenters. The van der Waals surface area contributed by atoms with Crippen molar-refractivity contribution in [3.63, 3.8) is 0 Å². The van der Waals surface area contributed by atoms with Crippen LogP contribution in [-0.2, 0) is 22.4 Å². The fraction of sp³-hybridized carbons (Fsp3) is 0.588. The number of H-pyrrole nitrogens is 1. The third-order valence-corrected chi connectivity index (χ3v) is 6.69. The van der Waals surface area contributed by atoms with E-state index in [-0.39, 0.29) is 16.8 Å². The zero-order valence-corrected chi connectivity index (χ0v) is 15.8. The van der Waals surface area contributed by atoms with Gasteiger partial charge in [0.25, 0.3) is 5.56 Å². The van der Waals surface area contributed by atoms with Crippen LogP contribution in [0.1, 0.15) is 44.1 Å². The van der Waals surface area contributed by atoms with Crippen LogP contribution in [0.5, 0.6) is 0 Å². The summed E-state index contributed by atoms with van der Waals surface area (Å²) in [7, 11) is 0. The minimum Gasteiger partial charge on any atom is -0.465 e. The number of aromatic nitrogens is 2. The number of ether oxygens (including phenoxy) is 1. The van der Waals surface area contributed by atoms with Crippen molar-refractivity contribution >= 4 is 39.3 Å². The third-order valence-electron chi connectivity index (χ3n) is 4.32. The summed E-state index contributed by atoms with van der Waals surface area (Å²) in [6.45, 7) is 6.32. The minimum atomic E-state index is -0.347. The number of carbonyl (C=O) groups excluding carboxylic acids is 1. The molecule has 1 aliphatic rings. The Morgan fingerprint density at radius 2 is 2.29 bits per heavy atom. The van der Waals surface area contributed by atoms with Gasteiger partial charge in [-0.15, -0.1) is 11.3 Å². The Labute approximate surface area is 149 Å². The molecule has 2 aromatic heterocycles. The Morgan fingerprint density at radius 3 is 3.00 bits per heavy atom. The van der Waals surface area contributed by atoms with Crippen LogP contribution in [0.3, 0.4) is 0 Å². The van der Waals surface area contributed by atoms with Gasteiger partial charge in [-0.2, -0.15) is 0 Å². The van der Waals surface area contributed by atoms with E-state index in [0.29, 0.717) is 24.1 Å². The van der Waals surface area contributed by atoms with Crippen LogP contribution < -0.4 is 5.56 Å². The number of thiophene rings is 1. The molecule has 130 valence electrons. The lowest BCUT2D eigenvalue weighted by atomic mass is 9.89. The first kappa shape index (κ1) is 17.5. The normalized spacial score (nSPS) is 18.4. The van der Waals surface area contributed by atoms with Crippen LogP contribution in [0, 0.1) is 5.92 Å². The smallest absolute Gasteiger partial charge is 0.319 e. The van der Waals surface area contributed by atoms with Gasteiger partial charge in [0, 0.05) is 4.88 Å². The Kier molecular flexibility index (Phi) is 5.30. The number of esters is 1. The second-order valence-corrected chi connectivity index (χ2v) is 8.44. The van der Waals surface area contributed by atoms with E-state index in [1.807, 2.05) is 6.92 Å². The molecule has 0 aromatic carbocycles.